The first kappa shape index (κ1) is 15.9. The van der Waals surface area contributed by atoms with Gasteiger partial charge < -0.3 is 14.4 Å². The minimum absolute atomic E-state index is 0.0204. The molecule has 0 aliphatic carbocycles. The monoisotopic (exact) mass is 341 g/mol. The standard InChI is InChI=1S/C20H20FNO3/c21-16-5-1-4-15(12-16)20(23)22-9-2-6-17(22)14-7-8-18-19(13-14)25-11-3-10-24-18/h1,4-5,7-8,12-13,17H,2-3,6,9-11H2. The summed E-state index contributed by atoms with van der Waals surface area (Å²) in [6.07, 6.45) is 2.68. The van der Waals surface area contributed by atoms with Crippen LogP contribution < -0.4 is 9.47 Å². The van der Waals surface area contributed by atoms with Gasteiger partial charge in [-0.1, -0.05) is 12.1 Å². The van der Waals surface area contributed by atoms with E-state index >= 15 is 0 Å². The Hall–Kier alpha value is -2.56. The van der Waals surface area contributed by atoms with Crippen molar-refractivity contribution in [3.05, 3.63) is 59.4 Å². The van der Waals surface area contributed by atoms with Crippen LogP contribution in [0.3, 0.4) is 0 Å². The van der Waals surface area contributed by atoms with Crippen molar-refractivity contribution in [1.29, 1.82) is 0 Å². The molecule has 1 amide bonds. The van der Waals surface area contributed by atoms with Gasteiger partial charge in [-0.2, -0.15) is 0 Å². The van der Waals surface area contributed by atoms with Gasteiger partial charge in [0.25, 0.3) is 5.91 Å². The van der Waals surface area contributed by atoms with Gasteiger partial charge in [0, 0.05) is 18.5 Å². The molecule has 1 saturated heterocycles. The van der Waals surface area contributed by atoms with Gasteiger partial charge >= 0.3 is 0 Å². The molecule has 130 valence electrons. The molecule has 2 aromatic carbocycles. The summed E-state index contributed by atoms with van der Waals surface area (Å²) < 4.78 is 24.9. The average Bonchev–Trinajstić information content (AvgIpc) is 2.99. The third kappa shape index (κ3) is 3.18. The molecule has 1 atom stereocenters. The smallest absolute Gasteiger partial charge is 0.254 e. The summed E-state index contributed by atoms with van der Waals surface area (Å²) in [4.78, 5) is 14.7. The quantitative estimate of drug-likeness (QED) is 0.830. The lowest BCUT2D eigenvalue weighted by Gasteiger charge is -2.26. The molecule has 2 aliphatic heterocycles. The van der Waals surface area contributed by atoms with Crippen LogP contribution in [0.4, 0.5) is 4.39 Å². The summed E-state index contributed by atoms with van der Waals surface area (Å²) in [5.41, 5.74) is 1.42. The maximum absolute atomic E-state index is 13.5. The van der Waals surface area contributed by atoms with Gasteiger partial charge in [-0.15, -0.1) is 0 Å². The second-order valence-electron chi connectivity index (χ2n) is 6.42. The normalized spacial score (nSPS) is 19.6. The molecule has 0 bridgehead atoms. The molecular weight excluding hydrogens is 321 g/mol. The highest BCUT2D eigenvalue weighted by atomic mass is 19.1. The zero-order valence-electron chi connectivity index (χ0n) is 13.9. The van der Waals surface area contributed by atoms with Crippen molar-refractivity contribution in [1.82, 2.24) is 4.90 Å². The number of rotatable bonds is 2. The zero-order chi connectivity index (χ0) is 17.2. The summed E-state index contributed by atoms with van der Waals surface area (Å²) in [6, 6.07) is 11.7. The lowest BCUT2D eigenvalue weighted by Crippen LogP contribution is -2.30. The van der Waals surface area contributed by atoms with E-state index in [1.54, 1.807) is 12.1 Å². The van der Waals surface area contributed by atoms with Gasteiger partial charge in [-0.25, -0.2) is 4.39 Å². The van der Waals surface area contributed by atoms with E-state index in [2.05, 4.69) is 0 Å². The largest absolute Gasteiger partial charge is 0.490 e. The van der Waals surface area contributed by atoms with Crippen LogP contribution in [0.2, 0.25) is 0 Å². The fourth-order valence-corrected chi connectivity index (χ4v) is 3.53. The predicted octanol–water partition coefficient (Wildman–Crippen LogP) is 3.96. The molecule has 0 saturated carbocycles. The number of ether oxygens (including phenoxy) is 2. The Morgan fingerprint density at radius 1 is 1.04 bits per heavy atom. The molecule has 4 nitrogen and oxygen atoms in total. The van der Waals surface area contributed by atoms with E-state index in [4.69, 9.17) is 9.47 Å². The van der Waals surface area contributed by atoms with Gasteiger partial charge in [0.15, 0.2) is 11.5 Å². The Bertz CT molecular complexity index is 792. The van der Waals surface area contributed by atoms with Crippen molar-refractivity contribution >= 4 is 5.91 Å². The molecule has 2 heterocycles. The molecule has 2 aromatic rings. The average molecular weight is 341 g/mol. The van der Waals surface area contributed by atoms with Gasteiger partial charge in [-0.05, 0) is 48.7 Å². The summed E-state index contributed by atoms with van der Waals surface area (Å²) in [5, 5.41) is 0. The van der Waals surface area contributed by atoms with Gasteiger partial charge in [0.05, 0.1) is 19.3 Å². The highest BCUT2D eigenvalue weighted by molar-refractivity contribution is 5.94. The number of likely N-dealkylation sites (tertiary alicyclic amines) is 1. The molecule has 0 N–H and O–H groups in total. The fourth-order valence-electron chi connectivity index (χ4n) is 3.53. The number of fused-ring (bicyclic) bond motifs is 1. The maximum atomic E-state index is 13.5. The van der Waals surface area contributed by atoms with Gasteiger partial charge in [-0.3, -0.25) is 4.79 Å². The summed E-state index contributed by atoms with van der Waals surface area (Å²) >= 11 is 0. The maximum Gasteiger partial charge on any atom is 0.254 e. The van der Waals surface area contributed by atoms with E-state index in [1.807, 2.05) is 23.1 Å². The number of amides is 1. The van der Waals surface area contributed by atoms with Crippen LogP contribution in [0.25, 0.3) is 0 Å². The van der Waals surface area contributed by atoms with Crippen LogP contribution in [0.15, 0.2) is 42.5 Å². The molecule has 4 rings (SSSR count). The van der Waals surface area contributed by atoms with Crippen LogP contribution in [0.5, 0.6) is 11.5 Å². The topological polar surface area (TPSA) is 38.8 Å². The predicted molar refractivity (Wildman–Crippen MR) is 91.5 cm³/mol. The van der Waals surface area contributed by atoms with Gasteiger partial charge in [0.2, 0.25) is 0 Å². The second kappa shape index (κ2) is 6.75. The minimum atomic E-state index is -0.392. The van der Waals surface area contributed by atoms with E-state index in [1.165, 1.54) is 12.1 Å². The lowest BCUT2D eigenvalue weighted by atomic mass is 10.0. The molecule has 1 fully saturated rings. The van der Waals surface area contributed by atoms with Crippen molar-refractivity contribution in [3.63, 3.8) is 0 Å². The third-order valence-electron chi connectivity index (χ3n) is 4.74. The number of hydrogen-bond donors (Lipinski definition) is 0. The molecule has 1 unspecified atom stereocenters. The SMILES string of the molecule is O=C(c1cccc(F)c1)N1CCCC1c1ccc2c(c1)OCCCO2. The molecule has 0 radical (unpaired) electrons. The molecule has 0 aromatic heterocycles. The van der Waals surface area contributed by atoms with Crippen LogP contribution in [0, 0.1) is 5.82 Å². The van der Waals surface area contributed by atoms with E-state index in [-0.39, 0.29) is 11.9 Å². The number of halogens is 1. The van der Waals surface area contributed by atoms with Crippen LogP contribution >= 0.6 is 0 Å². The van der Waals surface area contributed by atoms with Crippen molar-refractivity contribution < 1.29 is 18.7 Å². The first-order valence-corrected chi connectivity index (χ1v) is 8.68. The minimum Gasteiger partial charge on any atom is -0.490 e. The molecule has 2 aliphatic rings. The Labute approximate surface area is 146 Å². The number of hydrogen-bond acceptors (Lipinski definition) is 3. The Balaban J connectivity index is 1.61. The summed E-state index contributed by atoms with van der Waals surface area (Å²) in [7, 11) is 0. The fraction of sp³-hybridized carbons (Fsp3) is 0.350. The lowest BCUT2D eigenvalue weighted by molar-refractivity contribution is 0.0735. The Morgan fingerprint density at radius 3 is 2.72 bits per heavy atom. The summed E-state index contributed by atoms with van der Waals surface area (Å²) in [5.74, 6) is 0.966. The number of carbonyl (C=O) groups excluding carboxylic acids is 1. The Morgan fingerprint density at radius 2 is 1.88 bits per heavy atom. The molecule has 25 heavy (non-hydrogen) atoms. The van der Waals surface area contributed by atoms with Crippen LogP contribution in [-0.2, 0) is 0 Å². The third-order valence-corrected chi connectivity index (χ3v) is 4.74. The van der Waals surface area contributed by atoms with E-state index in [0.29, 0.717) is 25.3 Å². The first-order chi connectivity index (χ1) is 12.2. The number of nitrogens with zero attached hydrogens (tertiary/aromatic N) is 1. The zero-order valence-corrected chi connectivity index (χ0v) is 13.9. The van der Waals surface area contributed by atoms with E-state index in [9.17, 15) is 9.18 Å². The van der Waals surface area contributed by atoms with Crippen molar-refractivity contribution in [2.45, 2.75) is 25.3 Å². The van der Waals surface area contributed by atoms with Crippen molar-refractivity contribution in [2.75, 3.05) is 19.8 Å². The molecule has 0 spiro atoms. The number of carbonyl (C=O) groups is 1. The second-order valence-corrected chi connectivity index (χ2v) is 6.42. The van der Waals surface area contributed by atoms with Crippen molar-refractivity contribution in [3.8, 4) is 11.5 Å². The molecular formula is C20H20FNO3. The first-order valence-electron chi connectivity index (χ1n) is 8.68. The van der Waals surface area contributed by atoms with Crippen LogP contribution in [0.1, 0.15) is 41.2 Å². The van der Waals surface area contributed by atoms with E-state index < -0.39 is 5.82 Å². The molecule has 5 heteroatoms. The van der Waals surface area contributed by atoms with E-state index in [0.717, 1.165) is 36.3 Å². The Kier molecular flexibility index (Phi) is 4.30. The summed E-state index contributed by atoms with van der Waals surface area (Å²) in [6.45, 7) is 1.96. The van der Waals surface area contributed by atoms with Gasteiger partial charge in [0.1, 0.15) is 5.82 Å². The van der Waals surface area contributed by atoms with Crippen LogP contribution in [-0.4, -0.2) is 30.6 Å². The highest BCUT2D eigenvalue weighted by Gasteiger charge is 2.31. The number of benzene rings is 2. The van der Waals surface area contributed by atoms with Crippen molar-refractivity contribution in [2.24, 2.45) is 0 Å². The highest BCUT2D eigenvalue weighted by Crippen LogP contribution is 2.38.